The Hall–Kier alpha value is -2.22. The monoisotopic (exact) mass is 388 g/mol. The second kappa shape index (κ2) is 8.65. The number of carbonyl (C=O) groups is 2. The van der Waals surface area contributed by atoms with Gasteiger partial charge in [0.1, 0.15) is 10.6 Å². The van der Waals surface area contributed by atoms with Crippen molar-refractivity contribution in [2.75, 3.05) is 32.1 Å². The van der Waals surface area contributed by atoms with Crippen molar-refractivity contribution in [3.05, 3.63) is 41.3 Å². The van der Waals surface area contributed by atoms with Crippen molar-refractivity contribution >= 4 is 28.2 Å². The van der Waals surface area contributed by atoms with Gasteiger partial charge in [-0.15, -0.1) is 11.3 Å². The van der Waals surface area contributed by atoms with E-state index in [9.17, 15) is 9.59 Å². The predicted molar refractivity (Wildman–Crippen MR) is 106 cm³/mol. The van der Waals surface area contributed by atoms with Crippen molar-refractivity contribution in [3.8, 4) is 11.1 Å². The number of rotatable bonds is 5. The van der Waals surface area contributed by atoms with Crippen LogP contribution in [-0.2, 0) is 14.3 Å². The number of carbonyl (C=O) groups excluding carboxylic acids is 2. The van der Waals surface area contributed by atoms with Crippen molar-refractivity contribution < 1.29 is 19.1 Å². The first-order valence-corrected chi connectivity index (χ1v) is 9.78. The van der Waals surface area contributed by atoms with Gasteiger partial charge in [0, 0.05) is 24.0 Å². The molecule has 0 aliphatic carbocycles. The minimum atomic E-state index is -0.459. The lowest BCUT2D eigenvalue weighted by atomic mass is 10.0. The summed E-state index contributed by atoms with van der Waals surface area (Å²) in [4.78, 5) is 27.0. The van der Waals surface area contributed by atoms with Crippen LogP contribution in [0.3, 0.4) is 0 Å². The van der Waals surface area contributed by atoms with E-state index in [1.54, 1.807) is 0 Å². The molecule has 1 aromatic heterocycles. The summed E-state index contributed by atoms with van der Waals surface area (Å²) in [5.74, 6) is -0.609. The molecule has 3 rings (SSSR count). The summed E-state index contributed by atoms with van der Waals surface area (Å²) in [7, 11) is 1.34. The van der Waals surface area contributed by atoms with Crippen molar-refractivity contribution in [2.24, 2.45) is 0 Å². The maximum atomic E-state index is 12.6. The van der Waals surface area contributed by atoms with Crippen molar-refractivity contribution in [2.45, 2.75) is 26.1 Å². The van der Waals surface area contributed by atoms with Crippen molar-refractivity contribution in [1.29, 1.82) is 0 Å². The van der Waals surface area contributed by atoms with Gasteiger partial charge in [-0.1, -0.05) is 30.3 Å². The van der Waals surface area contributed by atoms with Gasteiger partial charge in [0.05, 0.1) is 25.9 Å². The molecular formula is C20H24N2O4S. The van der Waals surface area contributed by atoms with E-state index in [1.165, 1.54) is 18.4 Å². The molecule has 0 bridgehead atoms. The summed E-state index contributed by atoms with van der Waals surface area (Å²) in [6.45, 7) is 5.68. The SMILES string of the molecule is COC(=O)c1c(-c2ccccc2)csc1NC(=O)CN1C[C@@H](C)O[C@@H](C)C1. The molecule has 0 radical (unpaired) electrons. The number of nitrogens with one attached hydrogen (secondary N) is 1. The van der Waals surface area contributed by atoms with Gasteiger partial charge in [-0.2, -0.15) is 0 Å². The standard InChI is InChI=1S/C20H24N2O4S/c1-13-9-22(10-14(2)26-13)11-17(23)21-19-18(20(24)25-3)16(12-27-19)15-7-5-4-6-8-15/h4-8,12-14H,9-11H2,1-3H3,(H,21,23)/t13-,14+. The molecule has 0 saturated carbocycles. The number of morpholine rings is 1. The summed E-state index contributed by atoms with van der Waals surface area (Å²) in [5, 5.41) is 5.27. The molecule has 1 aliphatic rings. The van der Waals surface area contributed by atoms with Crippen molar-refractivity contribution in [3.63, 3.8) is 0 Å². The Morgan fingerprint density at radius 3 is 2.52 bits per heavy atom. The van der Waals surface area contributed by atoms with E-state index < -0.39 is 5.97 Å². The van der Waals surface area contributed by atoms with Gasteiger partial charge in [0.15, 0.2) is 0 Å². The van der Waals surface area contributed by atoms with Crippen LogP contribution in [0, 0.1) is 0 Å². The van der Waals surface area contributed by atoms with Crippen LogP contribution in [0.5, 0.6) is 0 Å². The Morgan fingerprint density at radius 2 is 1.89 bits per heavy atom. The van der Waals surface area contributed by atoms with Gasteiger partial charge in [-0.05, 0) is 19.4 Å². The molecular weight excluding hydrogens is 364 g/mol. The predicted octanol–water partition coefficient (Wildman–Crippen LogP) is 3.25. The van der Waals surface area contributed by atoms with E-state index in [4.69, 9.17) is 9.47 Å². The zero-order chi connectivity index (χ0) is 19.4. The Labute approximate surface area is 163 Å². The number of hydrogen-bond donors (Lipinski definition) is 1. The fraction of sp³-hybridized carbons (Fsp3) is 0.400. The summed E-state index contributed by atoms with van der Waals surface area (Å²) in [6.07, 6.45) is 0.192. The van der Waals surface area contributed by atoms with Gasteiger partial charge in [-0.25, -0.2) is 4.79 Å². The molecule has 2 atom stereocenters. The number of nitrogens with zero attached hydrogens (tertiary/aromatic N) is 1. The summed E-state index contributed by atoms with van der Waals surface area (Å²) in [6, 6.07) is 9.59. The number of methoxy groups -OCH3 is 1. The first-order valence-electron chi connectivity index (χ1n) is 8.90. The zero-order valence-electron chi connectivity index (χ0n) is 15.7. The lowest BCUT2D eigenvalue weighted by Gasteiger charge is -2.34. The van der Waals surface area contributed by atoms with Crippen LogP contribution in [0.15, 0.2) is 35.7 Å². The summed E-state index contributed by atoms with van der Waals surface area (Å²) in [5.41, 5.74) is 2.06. The van der Waals surface area contributed by atoms with E-state index in [0.29, 0.717) is 23.7 Å². The molecule has 144 valence electrons. The lowest BCUT2D eigenvalue weighted by molar-refractivity contribution is -0.121. The molecule has 1 saturated heterocycles. The molecule has 0 unspecified atom stereocenters. The quantitative estimate of drug-likeness (QED) is 0.797. The third-order valence-corrected chi connectivity index (χ3v) is 5.28. The third kappa shape index (κ3) is 4.74. The molecule has 0 spiro atoms. The highest BCUT2D eigenvalue weighted by molar-refractivity contribution is 7.15. The van der Waals surface area contributed by atoms with Gasteiger partial charge in [-0.3, -0.25) is 9.69 Å². The third-order valence-electron chi connectivity index (χ3n) is 4.38. The first kappa shape index (κ1) is 19.5. The van der Waals surface area contributed by atoms with E-state index >= 15 is 0 Å². The maximum absolute atomic E-state index is 12.6. The molecule has 7 heteroatoms. The van der Waals surface area contributed by atoms with Crippen LogP contribution in [0.25, 0.3) is 11.1 Å². The molecule has 1 fully saturated rings. The van der Waals surface area contributed by atoms with Crippen LogP contribution in [0.4, 0.5) is 5.00 Å². The van der Waals surface area contributed by atoms with Crippen LogP contribution in [0.1, 0.15) is 24.2 Å². The highest BCUT2D eigenvalue weighted by Gasteiger charge is 2.26. The van der Waals surface area contributed by atoms with Gasteiger partial charge >= 0.3 is 5.97 Å². The second-order valence-corrected chi connectivity index (χ2v) is 7.59. The molecule has 2 heterocycles. The highest BCUT2D eigenvalue weighted by atomic mass is 32.1. The Bertz CT molecular complexity index is 796. The van der Waals surface area contributed by atoms with E-state index in [0.717, 1.165) is 11.1 Å². The smallest absolute Gasteiger partial charge is 0.341 e. The number of esters is 1. The average Bonchev–Trinajstić information content (AvgIpc) is 3.04. The fourth-order valence-electron chi connectivity index (χ4n) is 3.37. The number of anilines is 1. The van der Waals surface area contributed by atoms with Gasteiger partial charge in [0.25, 0.3) is 0 Å². The number of ether oxygens (including phenoxy) is 2. The summed E-state index contributed by atoms with van der Waals surface area (Å²) < 4.78 is 10.6. The largest absolute Gasteiger partial charge is 0.465 e. The Balaban J connectivity index is 1.77. The van der Waals surface area contributed by atoms with Crippen LogP contribution >= 0.6 is 11.3 Å². The average molecular weight is 388 g/mol. The first-order chi connectivity index (χ1) is 13.0. The number of amides is 1. The molecule has 1 amide bonds. The van der Waals surface area contributed by atoms with Crippen LogP contribution < -0.4 is 5.32 Å². The topological polar surface area (TPSA) is 67.9 Å². The van der Waals surface area contributed by atoms with Crippen molar-refractivity contribution in [1.82, 2.24) is 4.90 Å². The molecule has 1 aromatic carbocycles. The zero-order valence-corrected chi connectivity index (χ0v) is 16.5. The van der Waals surface area contributed by atoms with Gasteiger partial charge in [0.2, 0.25) is 5.91 Å². The molecule has 2 aromatic rings. The number of hydrogen-bond acceptors (Lipinski definition) is 6. The minimum absolute atomic E-state index is 0.0959. The van der Waals surface area contributed by atoms with Crippen LogP contribution in [0.2, 0.25) is 0 Å². The lowest BCUT2D eigenvalue weighted by Crippen LogP contribution is -2.48. The fourth-order valence-corrected chi connectivity index (χ4v) is 4.34. The van der Waals surface area contributed by atoms with Gasteiger partial charge < -0.3 is 14.8 Å². The summed E-state index contributed by atoms with van der Waals surface area (Å²) >= 11 is 1.33. The highest BCUT2D eigenvalue weighted by Crippen LogP contribution is 2.36. The van der Waals surface area contributed by atoms with E-state index in [1.807, 2.05) is 49.6 Å². The molecule has 6 nitrogen and oxygen atoms in total. The number of benzene rings is 1. The normalized spacial score (nSPS) is 20.3. The maximum Gasteiger partial charge on any atom is 0.341 e. The molecule has 1 aliphatic heterocycles. The Morgan fingerprint density at radius 1 is 1.22 bits per heavy atom. The van der Waals surface area contributed by atoms with E-state index in [2.05, 4.69) is 10.2 Å². The van der Waals surface area contributed by atoms with E-state index in [-0.39, 0.29) is 24.7 Å². The van der Waals surface area contributed by atoms with Crippen LogP contribution in [-0.4, -0.2) is 55.7 Å². The molecule has 1 N–H and O–H groups in total. The second-order valence-electron chi connectivity index (χ2n) is 6.71. The number of thiophene rings is 1. The Kier molecular flexibility index (Phi) is 6.26. The molecule has 27 heavy (non-hydrogen) atoms. The minimum Gasteiger partial charge on any atom is -0.465 e.